The molecule has 0 N–H and O–H groups in total. The zero-order chi connectivity index (χ0) is 30.6. The molecule has 0 saturated carbocycles. The third-order valence-electron chi connectivity index (χ3n) is 7.43. The third-order valence-corrected chi connectivity index (χ3v) is 7.43. The van der Waals surface area contributed by atoms with Crippen LogP contribution in [-0.2, 0) is 22.7 Å². The number of likely N-dealkylation sites (tertiary alicyclic amines) is 1. The highest BCUT2D eigenvalue weighted by molar-refractivity contribution is 5.96. The van der Waals surface area contributed by atoms with E-state index in [0.29, 0.717) is 38.2 Å². The van der Waals surface area contributed by atoms with Crippen molar-refractivity contribution in [1.82, 2.24) is 19.4 Å². The van der Waals surface area contributed by atoms with Crippen LogP contribution in [-0.4, -0.2) is 63.6 Å². The molecule has 3 aromatic rings. The van der Waals surface area contributed by atoms with Gasteiger partial charge in [0, 0.05) is 19.6 Å². The molecule has 5 rings (SSSR count). The molecule has 43 heavy (non-hydrogen) atoms. The second kappa shape index (κ2) is 12.7. The Morgan fingerprint density at radius 2 is 1.65 bits per heavy atom. The number of esters is 1. The number of rotatable bonds is 8. The fourth-order valence-corrected chi connectivity index (χ4v) is 5.12. The van der Waals surface area contributed by atoms with Crippen molar-refractivity contribution in [2.75, 3.05) is 26.2 Å². The molecule has 226 valence electrons. The summed E-state index contributed by atoms with van der Waals surface area (Å²) in [7, 11) is 0. The summed E-state index contributed by atoms with van der Waals surface area (Å²) in [5.74, 6) is -0.588. The highest BCUT2D eigenvalue weighted by atomic mass is 16.6. The van der Waals surface area contributed by atoms with Gasteiger partial charge in [0.1, 0.15) is 24.8 Å². The smallest absolute Gasteiger partial charge is 0.410 e. The molecule has 1 aromatic heterocycles. The molecule has 2 amide bonds. The van der Waals surface area contributed by atoms with E-state index in [0.717, 1.165) is 5.56 Å². The van der Waals surface area contributed by atoms with Crippen LogP contribution in [0.15, 0.2) is 65.5 Å². The van der Waals surface area contributed by atoms with Gasteiger partial charge in [0.15, 0.2) is 5.69 Å². The Balaban J connectivity index is 1.43. The summed E-state index contributed by atoms with van der Waals surface area (Å²) >= 11 is 0. The lowest BCUT2D eigenvalue weighted by Gasteiger charge is -2.34. The number of carbonyl (C=O) groups excluding carboxylic acids is 3. The number of benzene rings is 2. The first-order valence-corrected chi connectivity index (χ1v) is 14.4. The van der Waals surface area contributed by atoms with Gasteiger partial charge in [-0.15, -0.1) is 0 Å². The van der Waals surface area contributed by atoms with Gasteiger partial charge in [0.25, 0.3) is 5.91 Å². The van der Waals surface area contributed by atoms with Crippen molar-refractivity contribution in [3.63, 3.8) is 0 Å². The number of amides is 2. The van der Waals surface area contributed by atoms with Crippen LogP contribution in [0, 0.1) is 5.41 Å². The Labute approximate surface area is 250 Å². The fraction of sp³-hybridized carbons (Fsp3) is 0.406. The average Bonchev–Trinajstić information content (AvgIpc) is 3.49. The molecule has 11 nitrogen and oxygen atoms in total. The molecule has 11 heteroatoms. The Hall–Kier alpha value is -4.67. The highest BCUT2D eigenvalue weighted by Crippen LogP contribution is 2.34. The van der Waals surface area contributed by atoms with Gasteiger partial charge >= 0.3 is 17.6 Å². The van der Waals surface area contributed by atoms with Gasteiger partial charge in [-0.1, -0.05) is 48.5 Å². The van der Waals surface area contributed by atoms with E-state index in [-0.39, 0.29) is 31.3 Å². The van der Waals surface area contributed by atoms with Gasteiger partial charge in [-0.3, -0.25) is 19.3 Å². The number of aromatic nitrogens is 2. The van der Waals surface area contributed by atoms with Crippen LogP contribution >= 0.6 is 0 Å². The summed E-state index contributed by atoms with van der Waals surface area (Å²) < 4.78 is 18.6. The molecule has 2 aliphatic rings. The molecule has 0 aliphatic carbocycles. The number of ether oxygens (including phenoxy) is 3. The first-order chi connectivity index (χ1) is 20.6. The molecule has 2 aliphatic heterocycles. The van der Waals surface area contributed by atoms with E-state index in [1.54, 1.807) is 35.1 Å². The van der Waals surface area contributed by atoms with Gasteiger partial charge in [0.05, 0.1) is 18.0 Å². The molecule has 0 spiro atoms. The Morgan fingerprint density at radius 3 is 2.35 bits per heavy atom. The Morgan fingerprint density at radius 1 is 0.953 bits per heavy atom. The van der Waals surface area contributed by atoms with E-state index in [1.165, 1.54) is 0 Å². The fourth-order valence-electron chi connectivity index (χ4n) is 5.12. The van der Waals surface area contributed by atoms with Crippen molar-refractivity contribution in [1.29, 1.82) is 0 Å². The molecular formula is C32H36N4O7. The number of hydrogen-bond donors (Lipinski definition) is 0. The molecule has 0 bridgehead atoms. The van der Waals surface area contributed by atoms with E-state index in [4.69, 9.17) is 14.2 Å². The molecule has 1 fully saturated rings. The van der Waals surface area contributed by atoms with Crippen molar-refractivity contribution in [2.45, 2.75) is 52.8 Å². The molecular weight excluding hydrogens is 552 g/mol. The standard InChI is InChI=1S/C32H36N4O7/c1-32(2,3)30(39)43-26-25-29(38)34(19-20-41-23-13-8-5-9-14-23)17-18-36(25)27(33-28(26)37)24-15-10-16-35(24)31(40)42-21-22-11-6-4-7-12-22/h4-9,11-14,24H,10,15-21H2,1-3H3/t24-/m0/s1. The SMILES string of the molecule is CC(C)(C)C(=O)Oc1c2n(c([C@@H]3CCCN3C(=O)OCc3ccccc3)nc1=O)CCN(CCOc1ccccc1)C2=O. The number of fused-ring (bicyclic) bond motifs is 1. The molecule has 0 unspecified atom stereocenters. The maximum Gasteiger partial charge on any atom is 0.410 e. The monoisotopic (exact) mass is 588 g/mol. The minimum absolute atomic E-state index is 0.0527. The summed E-state index contributed by atoms with van der Waals surface area (Å²) in [5.41, 5.74) is -0.957. The van der Waals surface area contributed by atoms with Crippen LogP contribution in [0.2, 0.25) is 0 Å². The zero-order valence-corrected chi connectivity index (χ0v) is 24.7. The largest absolute Gasteiger partial charge is 0.492 e. The lowest BCUT2D eigenvalue weighted by atomic mass is 9.97. The van der Waals surface area contributed by atoms with Crippen molar-refractivity contribution in [2.24, 2.45) is 5.41 Å². The lowest BCUT2D eigenvalue weighted by Crippen LogP contribution is -2.46. The van der Waals surface area contributed by atoms with Crippen LogP contribution in [0.3, 0.4) is 0 Å². The maximum atomic E-state index is 13.9. The summed E-state index contributed by atoms with van der Waals surface area (Å²) in [5, 5.41) is 0. The van der Waals surface area contributed by atoms with Crippen LogP contribution < -0.4 is 15.0 Å². The highest BCUT2D eigenvalue weighted by Gasteiger charge is 2.40. The summed E-state index contributed by atoms with van der Waals surface area (Å²) in [6, 6.07) is 18.0. The number of para-hydroxylation sites is 1. The van der Waals surface area contributed by atoms with Crippen molar-refractivity contribution < 1.29 is 28.6 Å². The van der Waals surface area contributed by atoms with Crippen LogP contribution in [0.25, 0.3) is 0 Å². The number of carbonyl (C=O) groups is 3. The number of hydrogen-bond acceptors (Lipinski definition) is 8. The third kappa shape index (κ3) is 6.71. The second-order valence-corrected chi connectivity index (χ2v) is 11.6. The lowest BCUT2D eigenvalue weighted by molar-refractivity contribution is -0.143. The van der Waals surface area contributed by atoms with Crippen molar-refractivity contribution in [3.8, 4) is 11.5 Å². The summed E-state index contributed by atoms with van der Waals surface area (Å²) in [4.78, 5) is 60.7. The van der Waals surface area contributed by atoms with Gasteiger partial charge in [0.2, 0.25) is 5.75 Å². The Kier molecular flexibility index (Phi) is 8.79. The van der Waals surface area contributed by atoms with Crippen molar-refractivity contribution >= 4 is 18.0 Å². The topological polar surface area (TPSA) is 120 Å². The van der Waals surface area contributed by atoms with Crippen LogP contribution in [0.1, 0.15) is 61.5 Å². The Bertz CT molecular complexity index is 1530. The zero-order valence-electron chi connectivity index (χ0n) is 24.7. The van der Waals surface area contributed by atoms with Gasteiger partial charge in [-0.05, 0) is 51.3 Å². The molecule has 1 saturated heterocycles. The maximum absolute atomic E-state index is 13.9. The van der Waals surface area contributed by atoms with E-state index in [9.17, 15) is 19.2 Å². The molecule has 3 heterocycles. The molecule has 1 atom stereocenters. The van der Waals surface area contributed by atoms with E-state index >= 15 is 0 Å². The number of nitrogens with zero attached hydrogens (tertiary/aromatic N) is 4. The van der Waals surface area contributed by atoms with Gasteiger partial charge in [-0.2, -0.15) is 4.98 Å². The second-order valence-electron chi connectivity index (χ2n) is 11.6. The minimum atomic E-state index is -0.922. The van der Waals surface area contributed by atoms with Gasteiger partial charge in [-0.25, -0.2) is 4.79 Å². The van der Waals surface area contributed by atoms with Crippen LogP contribution in [0.5, 0.6) is 11.5 Å². The van der Waals surface area contributed by atoms with Crippen molar-refractivity contribution in [3.05, 3.63) is 88.1 Å². The first kappa shape index (κ1) is 29.8. The van der Waals surface area contributed by atoms with E-state index < -0.39 is 40.7 Å². The predicted molar refractivity (Wildman–Crippen MR) is 157 cm³/mol. The summed E-state index contributed by atoms with van der Waals surface area (Å²) in [6.45, 7) is 6.61. The predicted octanol–water partition coefficient (Wildman–Crippen LogP) is 4.20. The normalized spacial score (nSPS) is 16.5. The average molecular weight is 589 g/mol. The summed E-state index contributed by atoms with van der Waals surface area (Å²) in [6.07, 6.45) is 0.685. The van der Waals surface area contributed by atoms with E-state index in [2.05, 4.69) is 4.98 Å². The molecule has 0 radical (unpaired) electrons. The van der Waals surface area contributed by atoms with Crippen LogP contribution in [0.4, 0.5) is 4.79 Å². The van der Waals surface area contributed by atoms with Gasteiger partial charge < -0.3 is 23.7 Å². The minimum Gasteiger partial charge on any atom is -0.492 e. The van der Waals surface area contributed by atoms with E-state index in [1.807, 2.05) is 60.7 Å². The first-order valence-electron chi connectivity index (χ1n) is 14.4. The molecule has 2 aromatic carbocycles. The quantitative estimate of drug-likeness (QED) is 0.359.